The van der Waals surface area contributed by atoms with Crippen molar-refractivity contribution >= 4 is 21.7 Å². The summed E-state index contributed by atoms with van der Waals surface area (Å²) in [7, 11) is -4.24. The van der Waals surface area contributed by atoms with Crippen LogP contribution in [0.2, 0.25) is 5.02 Å². The first kappa shape index (κ1) is 21.3. The highest BCUT2D eigenvalue weighted by atomic mass is 35.5. The van der Waals surface area contributed by atoms with E-state index in [9.17, 15) is 18.1 Å². The fourth-order valence-electron chi connectivity index (χ4n) is 4.58. The van der Waals surface area contributed by atoms with Crippen LogP contribution >= 0.6 is 11.6 Å². The standard InChI is InChI=1S/C22H27ClO4S/c1-14(2)21-20-7-5-18(23)12-17(20)9-11-22(21,24)10-8-16-13-19(28(25,26)27)6-4-15(16)3/h4-7,12-14,21,24H,8-11H2,1-3H3,(H,25,26,27)/t21-,22-/m0/s1. The monoisotopic (exact) mass is 422 g/mol. The van der Waals surface area contributed by atoms with Gasteiger partial charge in [0.25, 0.3) is 10.1 Å². The number of aliphatic hydroxyl groups is 1. The Morgan fingerprint density at radius 3 is 2.57 bits per heavy atom. The minimum atomic E-state index is -4.24. The Kier molecular flexibility index (Phi) is 5.93. The quantitative estimate of drug-likeness (QED) is 0.669. The largest absolute Gasteiger partial charge is 0.389 e. The molecule has 0 heterocycles. The van der Waals surface area contributed by atoms with E-state index in [-0.39, 0.29) is 16.7 Å². The predicted octanol–water partition coefficient (Wildman–Crippen LogP) is 4.94. The second-order valence-corrected chi connectivity index (χ2v) is 10.1. The topological polar surface area (TPSA) is 74.6 Å². The zero-order chi connectivity index (χ0) is 20.7. The summed E-state index contributed by atoms with van der Waals surface area (Å²) in [6.07, 6.45) is 2.46. The van der Waals surface area contributed by atoms with Crippen molar-refractivity contribution in [3.05, 3.63) is 63.7 Å². The Hall–Kier alpha value is -1.40. The molecule has 0 amide bonds. The van der Waals surface area contributed by atoms with Gasteiger partial charge < -0.3 is 5.11 Å². The van der Waals surface area contributed by atoms with E-state index in [1.807, 2.05) is 25.1 Å². The molecule has 2 aromatic carbocycles. The zero-order valence-electron chi connectivity index (χ0n) is 16.4. The van der Waals surface area contributed by atoms with Gasteiger partial charge in [-0.1, -0.05) is 37.6 Å². The number of halogens is 1. The number of aryl methyl sites for hydroxylation is 3. The molecule has 3 rings (SSSR count). The Morgan fingerprint density at radius 1 is 1.21 bits per heavy atom. The number of hydrogen-bond acceptors (Lipinski definition) is 3. The molecule has 2 aromatic rings. The normalized spacial score (nSPS) is 22.3. The van der Waals surface area contributed by atoms with E-state index >= 15 is 0 Å². The van der Waals surface area contributed by atoms with Crippen LogP contribution in [0.3, 0.4) is 0 Å². The second kappa shape index (κ2) is 7.79. The van der Waals surface area contributed by atoms with Crippen molar-refractivity contribution in [3.63, 3.8) is 0 Å². The van der Waals surface area contributed by atoms with E-state index in [4.69, 9.17) is 11.6 Å². The lowest BCUT2D eigenvalue weighted by Crippen LogP contribution is -2.43. The minimum absolute atomic E-state index is 0.0152. The van der Waals surface area contributed by atoms with Gasteiger partial charge in [0.1, 0.15) is 0 Å². The molecule has 0 fully saturated rings. The smallest absolute Gasteiger partial charge is 0.294 e. The van der Waals surface area contributed by atoms with Crippen molar-refractivity contribution in [3.8, 4) is 0 Å². The lowest BCUT2D eigenvalue weighted by atomic mass is 9.65. The maximum atomic E-state index is 11.6. The van der Waals surface area contributed by atoms with Crippen molar-refractivity contribution < 1.29 is 18.1 Å². The molecule has 0 saturated heterocycles. The molecule has 2 atom stereocenters. The summed E-state index contributed by atoms with van der Waals surface area (Å²) in [5, 5.41) is 12.3. The fraction of sp³-hybridized carbons (Fsp3) is 0.455. The molecule has 4 nitrogen and oxygen atoms in total. The summed E-state index contributed by atoms with van der Waals surface area (Å²) in [5.41, 5.74) is 3.24. The van der Waals surface area contributed by atoms with Crippen molar-refractivity contribution in [2.75, 3.05) is 0 Å². The molecule has 1 aliphatic carbocycles. The first-order valence-electron chi connectivity index (χ1n) is 9.59. The van der Waals surface area contributed by atoms with Crippen LogP contribution in [-0.4, -0.2) is 23.7 Å². The van der Waals surface area contributed by atoms with E-state index < -0.39 is 15.7 Å². The molecular weight excluding hydrogens is 396 g/mol. The molecule has 0 aliphatic heterocycles. The third-order valence-electron chi connectivity index (χ3n) is 5.96. The maximum Gasteiger partial charge on any atom is 0.294 e. The van der Waals surface area contributed by atoms with Gasteiger partial charge in [-0.2, -0.15) is 8.42 Å². The van der Waals surface area contributed by atoms with Crippen LogP contribution in [0, 0.1) is 12.8 Å². The number of fused-ring (bicyclic) bond motifs is 1. The lowest BCUT2D eigenvalue weighted by molar-refractivity contribution is -0.0243. The molecule has 2 N–H and O–H groups in total. The average molecular weight is 423 g/mol. The van der Waals surface area contributed by atoms with Crippen LogP contribution < -0.4 is 0 Å². The Labute approximate surface area is 172 Å². The van der Waals surface area contributed by atoms with E-state index in [1.165, 1.54) is 17.7 Å². The maximum absolute atomic E-state index is 11.6. The zero-order valence-corrected chi connectivity index (χ0v) is 18.0. The summed E-state index contributed by atoms with van der Waals surface area (Å²) in [6.45, 7) is 6.14. The highest BCUT2D eigenvalue weighted by Gasteiger charge is 2.42. The van der Waals surface area contributed by atoms with Crippen LogP contribution in [0.15, 0.2) is 41.3 Å². The van der Waals surface area contributed by atoms with Gasteiger partial charge in [-0.15, -0.1) is 0 Å². The molecule has 0 radical (unpaired) electrons. The van der Waals surface area contributed by atoms with Crippen molar-refractivity contribution in [1.29, 1.82) is 0 Å². The fourth-order valence-corrected chi connectivity index (χ4v) is 5.31. The van der Waals surface area contributed by atoms with Crippen LogP contribution in [0.1, 0.15) is 54.9 Å². The van der Waals surface area contributed by atoms with Gasteiger partial charge in [-0.3, -0.25) is 4.55 Å². The molecule has 28 heavy (non-hydrogen) atoms. The number of rotatable bonds is 5. The Morgan fingerprint density at radius 2 is 1.93 bits per heavy atom. The van der Waals surface area contributed by atoms with E-state index in [0.717, 1.165) is 23.1 Å². The first-order chi connectivity index (χ1) is 13.0. The molecule has 0 saturated carbocycles. The molecule has 0 bridgehead atoms. The van der Waals surface area contributed by atoms with Gasteiger partial charge in [-0.05, 0) is 85.0 Å². The molecule has 0 unspecified atom stereocenters. The van der Waals surface area contributed by atoms with Crippen LogP contribution in [-0.2, 0) is 23.0 Å². The van der Waals surface area contributed by atoms with E-state index in [0.29, 0.717) is 24.3 Å². The lowest BCUT2D eigenvalue weighted by Gasteiger charge is -2.44. The number of hydrogen-bond donors (Lipinski definition) is 2. The molecule has 0 aromatic heterocycles. The summed E-state index contributed by atoms with van der Waals surface area (Å²) in [4.78, 5) is -0.107. The second-order valence-electron chi connectivity index (χ2n) is 8.23. The highest BCUT2D eigenvalue weighted by Crippen LogP contribution is 2.46. The summed E-state index contributed by atoms with van der Waals surface area (Å²) >= 11 is 6.15. The molecule has 6 heteroatoms. The highest BCUT2D eigenvalue weighted by molar-refractivity contribution is 7.85. The average Bonchev–Trinajstić information content (AvgIpc) is 2.60. The van der Waals surface area contributed by atoms with Gasteiger partial charge in [-0.25, -0.2) is 0 Å². The summed E-state index contributed by atoms with van der Waals surface area (Å²) in [6, 6.07) is 10.5. The van der Waals surface area contributed by atoms with E-state index in [1.54, 1.807) is 6.07 Å². The third kappa shape index (κ3) is 4.28. The van der Waals surface area contributed by atoms with Crippen molar-refractivity contribution in [2.45, 2.75) is 62.9 Å². The third-order valence-corrected chi connectivity index (χ3v) is 7.04. The summed E-state index contributed by atoms with van der Waals surface area (Å²) in [5.74, 6) is 0.231. The minimum Gasteiger partial charge on any atom is -0.389 e. The first-order valence-corrected chi connectivity index (χ1v) is 11.4. The van der Waals surface area contributed by atoms with Gasteiger partial charge in [0, 0.05) is 10.9 Å². The number of benzene rings is 2. The Balaban J connectivity index is 1.90. The van der Waals surface area contributed by atoms with Crippen LogP contribution in [0.5, 0.6) is 0 Å². The van der Waals surface area contributed by atoms with Crippen LogP contribution in [0.25, 0.3) is 0 Å². The SMILES string of the molecule is Cc1ccc(S(=O)(=O)O)cc1CC[C@]1(O)CCc2cc(Cl)ccc2[C@@H]1C(C)C. The van der Waals surface area contributed by atoms with E-state index in [2.05, 4.69) is 13.8 Å². The van der Waals surface area contributed by atoms with Gasteiger partial charge in [0.15, 0.2) is 0 Å². The summed E-state index contributed by atoms with van der Waals surface area (Å²) < 4.78 is 32.3. The predicted molar refractivity (Wildman–Crippen MR) is 112 cm³/mol. The molecule has 152 valence electrons. The molecule has 1 aliphatic rings. The molecular formula is C22H27ClO4S. The Bertz CT molecular complexity index is 984. The molecule has 0 spiro atoms. The van der Waals surface area contributed by atoms with Crippen molar-refractivity contribution in [1.82, 2.24) is 0 Å². The van der Waals surface area contributed by atoms with Gasteiger partial charge in [0.05, 0.1) is 10.5 Å². The van der Waals surface area contributed by atoms with Gasteiger partial charge >= 0.3 is 0 Å². The van der Waals surface area contributed by atoms with Crippen molar-refractivity contribution in [2.24, 2.45) is 5.92 Å². The van der Waals surface area contributed by atoms with Crippen LogP contribution in [0.4, 0.5) is 0 Å². The van der Waals surface area contributed by atoms with Gasteiger partial charge in [0.2, 0.25) is 0 Å².